The van der Waals surface area contributed by atoms with Gasteiger partial charge in [0.2, 0.25) is 0 Å². The number of thioether (sulfide) groups is 1. The molecule has 0 spiro atoms. The van der Waals surface area contributed by atoms with E-state index in [1.165, 1.54) is 31.3 Å². The minimum Gasteiger partial charge on any atom is -0.865 e. The molecule has 144 valence electrons. The van der Waals surface area contributed by atoms with Gasteiger partial charge in [-0.2, -0.15) is 0 Å². The number of benzene rings is 2. The summed E-state index contributed by atoms with van der Waals surface area (Å²) in [5, 5.41) is 23.0. The first-order valence-corrected chi connectivity index (χ1v) is 9.03. The predicted octanol–water partition coefficient (Wildman–Crippen LogP) is 3.09. The van der Waals surface area contributed by atoms with Gasteiger partial charge in [-0.05, 0) is 42.0 Å². The molecule has 28 heavy (non-hydrogen) atoms. The smallest absolute Gasteiger partial charge is 0.270 e. The number of amides is 1. The van der Waals surface area contributed by atoms with Crippen LogP contribution in [0.15, 0.2) is 41.3 Å². The largest absolute Gasteiger partial charge is 0.865 e. The third-order valence-corrected chi connectivity index (χ3v) is 5.20. The molecule has 8 nitrogen and oxygen atoms in total. The second-order valence-electron chi connectivity index (χ2n) is 5.54. The number of anilines is 1. The molecule has 1 heterocycles. The summed E-state index contributed by atoms with van der Waals surface area (Å²) in [6.45, 7) is 0. The summed E-state index contributed by atoms with van der Waals surface area (Å²) in [5.74, 6) is -0.726. The van der Waals surface area contributed by atoms with Crippen molar-refractivity contribution < 1.29 is 24.3 Å². The van der Waals surface area contributed by atoms with Gasteiger partial charge in [-0.15, -0.1) is 0 Å². The Hall–Kier alpha value is -3.11. The molecule has 2 aromatic rings. The van der Waals surface area contributed by atoms with Crippen molar-refractivity contribution in [3.63, 3.8) is 0 Å². The summed E-state index contributed by atoms with van der Waals surface area (Å²) in [7, 11) is 2.78. The summed E-state index contributed by atoms with van der Waals surface area (Å²) < 4.78 is 10.3. The summed E-state index contributed by atoms with van der Waals surface area (Å²) in [5.41, 5.74) is 0.236. The van der Waals surface area contributed by atoms with Crippen LogP contribution in [-0.4, -0.2) is 29.4 Å². The van der Waals surface area contributed by atoms with Gasteiger partial charge in [0.15, 0.2) is 4.32 Å². The third kappa shape index (κ3) is 3.64. The molecule has 0 unspecified atom stereocenters. The zero-order valence-electron chi connectivity index (χ0n) is 14.7. The summed E-state index contributed by atoms with van der Waals surface area (Å²) >= 11 is 6.37. The van der Waals surface area contributed by atoms with Gasteiger partial charge in [0.05, 0.1) is 29.7 Å². The summed E-state index contributed by atoms with van der Waals surface area (Å²) in [6, 6.07) is 9.26. The maximum atomic E-state index is 12.8. The molecule has 2 aromatic carbocycles. The first-order valence-electron chi connectivity index (χ1n) is 7.81. The maximum absolute atomic E-state index is 12.8. The highest BCUT2D eigenvalue weighted by molar-refractivity contribution is 8.27. The zero-order chi connectivity index (χ0) is 20.4. The molecule has 10 heteroatoms. The van der Waals surface area contributed by atoms with Crippen LogP contribution in [0.3, 0.4) is 0 Å². The number of nitro groups is 1. The van der Waals surface area contributed by atoms with Crippen LogP contribution in [0.5, 0.6) is 17.2 Å². The highest BCUT2D eigenvalue weighted by Crippen LogP contribution is 2.39. The highest BCUT2D eigenvalue weighted by atomic mass is 32.2. The number of rotatable bonds is 5. The number of hydrogen-bond donors (Lipinski definition) is 0. The Balaban J connectivity index is 1.97. The van der Waals surface area contributed by atoms with Crippen molar-refractivity contribution in [2.75, 3.05) is 19.1 Å². The number of nitro benzene ring substituents is 1. The van der Waals surface area contributed by atoms with Crippen molar-refractivity contribution >= 4 is 51.7 Å². The standard InChI is InChI=1S/C18H14N2O6S2/c1-25-12-5-3-11(4-6-12)19-17(22)15(28-18(19)27)9-10-7-13(20(23)24)16(21)14(8-10)26-2/h3-9,21H,1-2H3/p-1/b15-9-. The van der Waals surface area contributed by atoms with Gasteiger partial charge >= 0.3 is 0 Å². The number of methoxy groups -OCH3 is 2. The second-order valence-corrected chi connectivity index (χ2v) is 7.22. The highest BCUT2D eigenvalue weighted by Gasteiger charge is 2.33. The van der Waals surface area contributed by atoms with Crippen LogP contribution in [0.4, 0.5) is 11.4 Å². The van der Waals surface area contributed by atoms with Crippen LogP contribution in [-0.2, 0) is 4.79 Å². The Labute approximate surface area is 169 Å². The third-order valence-electron chi connectivity index (χ3n) is 3.90. The Morgan fingerprint density at radius 3 is 2.43 bits per heavy atom. The van der Waals surface area contributed by atoms with E-state index >= 15 is 0 Å². The van der Waals surface area contributed by atoms with E-state index in [0.717, 1.165) is 17.8 Å². The first-order chi connectivity index (χ1) is 13.3. The fourth-order valence-corrected chi connectivity index (χ4v) is 3.85. The number of carbonyl (C=O) groups excluding carboxylic acids is 1. The van der Waals surface area contributed by atoms with Gasteiger partial charge in [0.1, 0.15) is 11.5 Å². The first kappa shape index (κ1) is 19.6. The van der Waals surface area contributed by atoms with E-state index < -0.39 is 16.4 Å². The van der Waals surface area contributed by atoms with E-state index in [0.29, 0.717) is 21.3 Å². The van der Waals surface area contributed by atoms with Crippen molar-refractivity contribution in [3.8, 4) is 17.2 Å². The predicted molar refractivity (Wildman–Crippen MR) is 108 cm³/mol. The second kappa shape index (κ2) is 7.87. The van der Waals surface area contributed by atoms with Gasteiger partial charge in [-0.3, -0.25) is 19.8 Å². The fourth-order valence-electron chi connectivity index (χ4n) is 2.55. The van der Waals surface area contributed by atoms with Gasteiger partial charge in [-0.25, -0.2) is 0 Å². The molecule has 0 aliphatic carbocycles. The minimum absolute atomic E-state index is 0.175. The average Bonchev–Trinajstić information content (AvgIpc) is 2.96. The van der Waals surface area contributed by atoms with E-state index in [1.54, 1.807) is 24.3 Å². The minimum atomic E-state index is -0.824. The van der Waals surface area contributed by atoms with E-state index in [1.807, 2.05) is 0 Å². The van der Waals surface area contributed by atoms with Crippen molar-refractivity contribution in [2.45, 2.75) is 0 Å². The molecule has 0 N–H and O–H groups in total. The monoisotopic (exact) mass is 417 g/mol. The number of carbonyl (C=O) groups is 1. The molecule has 1 aliphatic rings. The molecule has 0 radical (unpaired) electrons. The summed E-state index contributed by atoms with van der Waals surface area (Å²) in [6.07, 6.45) is 1.44. The summed E-state index contributed by atoms with van der Waals surface area (Å²) in [4.78, 5) is 24.8. The van der Waals surface area contributed by atoms with Crippen molar-refractivity contribution in [1.82, 2.24) is 0 Å². The number of hydrogen-bond acceptors (Lipinski definition) is 8. The molecule has 3 rings (SSSR count). The van der Waals surface area contributed by atoms with Crippen LogP contribution < -0.4 is 19.5 Å². The Morgan fingerprint density at radius 2 is 1.86 bits per heavy atom. The van der Waals surface area contributed by atoms with Gasteiger partial charge in [0.25, 0.3) is 11.6 Å². The Morgan fingerprint density at radius 1 is 1.18 bits per heavy atom. The lowest BCUT2D eigenvalue weighted by Gasteiger charge is -2.15. The van der Waals surface area contributed by atoms with E-state index in [4.69, 9.17) is 21.7 Å². The van der Waals surface area contributed by atoms with Gasteiger partial charge in [0, 0.05) is 11.8 Å². The van der Waals surface area contributed by atoms with Crippen LogP contribution in [0.1, 0.15) is 5.56 Å². The number of ether oxygens (including phenoxy) is 2. The molecule has 0 bridgehead atoms. The lowest BCUT2D eigenvalue weighted by atomic mass is 10.1. The quantitative estimate of drug-likeness (QED) is 0.316. The Kier molecular flexibility index (Phi) is 5.52. The molecule has 1 saturated heterocycles. The van der Waals surface area contributed by atoms with Gasteiger partial charge < -0.3 is 14.6 Å². The van der Waals surface area contributed by atoms with Crippen LogP contribution in [0, 0.1) is 10.1 Å². The molecule has 1 amide bonds. The fraction of sp³-hybridized carbons (Fsp3) is 0.111. The van der Waals surface area contributed by atoms with Crippen molar-refractivity contribution in [3.05, 3.63) is 57.0 Å². The van der Waals surface area contributed by atoms with Crippen LogP contribution >= 0.6 is 24.0 Å². The van der Waals surface area contributed by atoms with E-state index in [9.17, 15) is 20.0 Å². The number of thiocarbonyl (C=S) groups is 1. The topological polar surface area (TPSA) is 105 Å². The molecular formula is C18H13N2O6S2-. The van der Waals surface area contributed by atoms with Crippen molar-refractivity contribution in [1.29, 1.82) is 0 Å². The molecule has 0 atom stereocenters. The molecule has 0 saturated carbocycles. The average molecular weight is 417 g/mol. The maximum Gasteiger partial charge on any atom is 0.270 e. The van der Waals surface area contributed by atoms with Crippen LogP contribution in [0.2, 0.25) is 0 Å². The lowest BCUT2D eigenvalue weighted by molar-refractivity contribution is -0.398. The normalized spacial score (nSPS) is 15.2. The molecular weight excluding hydrogens is 404 g/mol. The van der Waals surface area contributed by atoms with Crippen LogP contribution in [0.25, 0.3) is 6.08 Å². The lowest BCUT2D eigenvalue weighted by Crippen LogP contribution is -2.27. The van der Waals surface area contributed by atoms with E-state index in [2.05, 4.69) is 0 Å². The number of nitrogens with zero attached hydrogens (tertiary/aromatic N) is 2. The zero-order valence-corrected chi connectivity index (χ0v) is 16.3. The SMILES string of the molecule is COc1ccc(N2C(=O)/C(=C/c3cc(OC)c([O-])c([N+](=O)[O-])c3)SC2=S)cc1. The molecule has 1 aliphatic heterocycles. The van der Waals surface area contributed by atoms with Crippen molar-refractivity contribution in [2.24, 2.45) is 0 Å². The van der Waals surface area contributed by atoms with Gasteiger partial charge in [-0.1, -0.05) is 24.0 Å². The molecule has 1 fully saturated rings. The Bertz CT molecular complexity index is 1000. The van der Waals surface area contributed by atoms with E-state index in [-0.39, 0.29) is 16.6 Å². The molecule has 0 aromatic heterocycles.